The van der Waals surface area contributed by atoms with Crippen LogP contribution in [0.3, 0.4) is 0 Å². The van der Waals surface area contributed by atoms with Gasteiger partial charge in [-0.05, 0) is 25.1 Å². The van der Waals surface area contributed by atoms with Crippen molar-refractivity contribution in [2.45, 2.75) is 12.5 Å². The highest BCUT2D eigenvalue weighted by atomic mass is 16.5. The monoisotopic (exact) mass is 271 g/mol. The van der Waals surface area contributed by atoms with Crippen LogP contribution in [0.15, 0.2) is 48.5 Å². The minimum Gasteiger partial charge on any atom is -0.493 e. The van der Waals surface area contributed by atoms with Gasteiger partial charge in [0.1, 0.15) is 0 Å². The van der Waals surface area contributed by atoms with Crippen LogP contribution < -0.4 is 14.8 Å². The molecule has 3 nitrogen and oxygen atoms in total. The third-order valence-electron chi connectivity index (χ3n) is 3.44. The standard InChI is InChI=1S/C17H21NO2/c1-18-15(12-13-8-5-4-6-9-13)14-10-7-11-16(19-2)17(14)20-3/h4-11,15,18H,12H2,1-3H3. The van der Waals surface area contributed by atoms with E-state index in [2.05, 4.69) is 35.6 Å². The lowest BCUT2D eigenvalue weighted by Crippen LogP contribution is -2.19. The largest absolute Gasteiger partial charge is 0.493 e. The van der Waals surface area contributed by atoms with E-state index < -0.39 is 0 Å². The predicted molar refractivity (Wildman–Crippen MR) is 81.5 cm³/mol. The van der Waals surface area contributed by atoms with E-state index in [1.165, 1.54) is 5.56 Å². The second kappa shape index (κ2) is 6.96. The van der Waals surface area contributed by atoms with Crippen molar-refractivity contribution in [3.8, 4) is 11.5 Å². The first-order chi connectivity index (χ1) is 9.80. The number of rotatable bonds is 6. The van der Waals surface area contributed by atoms with Gasteiger partial charge < -0.3 is 14.8 Å². The highest BCUT2D eigenvalue weighted by Gasteiger charge is 2.18. The zero-order valence-electron chi connectivity index (χ0n) is 12.2. The zero-order valence-corrected chi connectivity index (χ0v) is 12.2. The van der Waals surface area contributed by atoms with Gasteiger partial charge in [0, 0.05) is 11.6 Å². The van der Waals surface area contributed by atoms with Gasteiger partial charge in [-0.15, -0.1) is 0 Å². The van der Waals surface area contributed by atoms with Crippen molar-refractivity contribution in [2.75, 3.05) is 21.3 Å². The van der Waals surface area contributed by atoms with Gasteiger partial charge in [0.15, 0.2) is 11.5 Å². The van der Waals surface area contributed by atoms with E-state index in [0.29, 0.717) is 0 Å². The number of para-hydroxylation sites is 1. The van der Waals surface area contributed by atoms with Gasteiger partial charge in [0.2, 0.25) is 0 Å². The minimum absolute atomic E-state index is 0.183. The molecule has 0 saturated heterocycles. The van der Waals surface area contributed by atoms with Crippen molar-refractivity contribution in [2.24, 2.45) is 0 Å². The fraction of sp³-hybridized carbons (Fsp3) is 0.294. The van der Waals surface area contributed by atoms with Crippen LogP contribution in [0.2, 0.25) is 0 Å². The minimum atomic E-state index is 0.183. The molecule has 0 bridgehead atoms. The molecule has 0 aliphatic rings. The Kier molecular flexibility index (Phi) is 5.02. The molecule has 0 saturated carbocycles. The molecule has 0 aromatic heterocycles. The maximum atomic E-state index is 5.52. The number of hydrogen-bond acceptors (Lipinski definition) is 3. The van der Waals surface area contributed by atoms with Crippen LogP contribution in [-0.4, -0.2) is 21.3 Å². The maximum Gasteiger partial charge on any atom is 0.165 e. The summed E-state index contributed by atoms with van der Waals surface area (Å²) in [5, 5.41) is 3.36. The van der Waals surface area contributed by atoms with Crippen LogP contribution in [0.5, 0.6) is 11.5 Å². The molecule has 0 aliphatic carbocycles. The first-order valence-corrected chi connectivity index (χ1v) is 6.72. The number of methoxy groups -OCH3 is 2. The van der Waals surface area contributed by atoms with Gasteiger partial charge in [-0.2, -0.15) is 0 Å². The van der Waals surface area contributed by atoms with Crippen molar-refractivity contribution in [3.63, 3.8) is 0 Å². The third-order valence-corrected chi connectivity index (χ3v) is 3.44. The smallest absolute Gasteiger partial charge is 0.165 e. The van der Waals surface area contributed by atoms with Crippen molar-refractivity contribution < 1.29 is 9.47 Å². The Morgan fingerprint density at radius 1 is 0.950 bits per heavy atom. The van der Waals surface area contributed by atoms with Gasteiger partial charge in [0.05, 0.1) is 14.2 Å². The normalized spacial score (nSPS) is 11.9. The summed E-state index contributed by atoms with van der Waals surface area (Å²) in [5.41, 5.74) is 2.40. The summed E-state index contributed by atoms with van der Waals surface area (Å²) in [5.74, 6) is 1.56. The molecule has 3 heteroatoms. The molecule has 1 N–H and O–H groups in total. The molecule has 2 aromatic carbocycles. The summed E-state index contributed by atoms with van der Waals surface area (Å²) in [7, 11) is 5.30. The summed E-state index contributed by atoms with van der Waals surface area (Å²) in [6.07, 6.45) is 0.904. The Balaban J connectivity index is 2.32. The molecule has 0 heterocycles. The fourth-order valence-corrected chi connectivity index (χ4v) is 2.40. The Morgan fingerprint density at radius 3 is 2.30 bits per heavy atom. The van der Waals surface area contributed by atoms with Gasteiger partial charge in [-0.3, -0.25) is 0 Å². The van der Waals surface area contributed by atoms with Gasteiger partial charge >= 0.3 is 0 Å². The zero-order chi connectivity index (χ0) is 14.4. The number of nitrogens with one attached hydrogen (secondary N) is 1. The molecule has 0 spiro atoms. The number of likely N-dealkylation sites (N-methyl/N-ethyl adjacent to an activating group) is 1. The van der Waals surface area contributed by atoms with E-state index in [1.807, 2.05) is 25.2 Å². The van der Waals surface area contributed by atoms with Crippen LogP contribution in [-0.2, 0) is 6.42 Å². The Morgan fingerprint density at radius 2 is 1.70 bits per heavy atom. The lowest BCUT2D eigenvalue weighted by molar-refractivity contribution is 0.347. The van der Waals surface area contributed by atoms with Crippen LogP contribution in [0, 0.1) is 0 Å². The van der Waals surface area contributed by atoms with Crippen molar-refractivity contribution in [3.05, 3.63) is 59.7 Å². The van der Waals surface area contributed by atoms with E-state index in [-0.39, 0.29) is 6.04 Å². The number of ether oxygens (including phenoxy) is 2. The Labute approximate surface area is 120 Å². The first kappa shape index (κ1) is 14.4. The van der Waals surface area contributed by atoms with Crippen LogP contribution in [0.25, 0.3) is 0 Å². The van der Waals surface area contributed by atoms with E-state index in [4.69, 9.17) is 9.47 Å². The molecular formula is C17H21NO2. The van der Waals surface area contributed by atoms with Gasteiger partial charge in [0.25, 0.3) is 0 Å². The lowest BCUT2D eigenvalue weighted by atomic mass is 9.98. The predicted octanol–water partition coefficient (Wildman–Crippen LogP) is 3.21. The summed E-state index contributed by atoms with van der Waals surface area (Å²) >= 11 is 0. The molecule has 106 valence electrons. The third kappa shape index (κ3) is 3.11. The lowest BCUT2D eigenvalue weighted by Gasteiger charge is -2.21. The molecule has 1 unspecified atom stereocenters. The molecule has 20 heavy (non-hydrogen) atoms. The molecule has 0 fully saturated rings. The molecule has 1 atom stereocenters. The maximum absolute atomic E-state index is 5.52. The molecule has 2 aromatic rings. The van der Waals surface area contributed by atoms with Gasteiger partial charge in [-0.1, -0.05) is 42.5 Å². The fourth-order valence-electron chi connectivity index (χ4n) is 2.40. The van der Waals surface area contributed by atoms with E-state index in [0.717, 1.165) is 23.5 Å². The van der Waals surface area contributed by atoms with E-state index in [1.54, 1.807) is 14.2 Å². The van der Waals surface area contributed by atoms with Crippen LogP contribution in [0.4, 0.5) is 0 Å². The summed E-state index contributed by atoms with van der Waals surface area (Å²) < 4.78 is 10.9. The van der Waals surface area contributed by atoms with Gasteiger partial charge in [-0.25, -0.2) is 0 Å². The molecule has 0 aliphatic heterocycles. The van der Waals surface area contributed by atoms with E-state index in [9.17, 15) is 0 Å². The van der Waals surface area contributed by atoms with E-state index >= 15 is 0 Å². The second-order valence-corrected chi connectivity index (χ2v) is 4.61. The van der Waals surface area contributed by atoms with Crippen molar-refractivity contribution in [1.29, 1.82) is 0 Å². The van der Waals surface area contributed by atoms with Crippen LogP contribution >= 0.6 is 0 Å². The molecular weight excluding hydrogens is 250 g/mol. The molecule has 0 radical (unpaired) electrons. The average molecular weight is 271 g/mol. The van der Waals surface area contributed by atoms with Crippen molar-refractivity contribution in [1.82, 2.24) is 5.32 Å². The topological polar surface area (TPSA) is 30.5 Å². The number of hydrogen-bond donors (Lipinski definition) is 1. The Hall–Kier alpha value is -2.00. The summed E-state index contributed by atoms with van der Waals surface area (Å²) in [4.78, 5) is 0. The molecule has 0 amide bonds. The number of benzene rings is 2. The SMILES string of the molecule is CNC(Cc1ccccc1)c1cccc(OC)c1OC. The highest BCUT2D eigenvalue weighted by Crippen LogP contribution is 2.35. The highest BCUT2D eigenvalue weighted by molar-refractivity contribution is 5.48. The summed E-state index contributed by atoms with van der Waals surface area (Å²) in [6.45, 7) is 0. The quantitative estimate of drug-likeness (QED) is 0.875. The molecule has 2 rings (SSSR count). The average Bonchev–Trinajstić information content (AvgIpc) is 2.52. The van der Waals surface area contributed by atoms with Crippen molar-refractivity contribution >= 4 is 0 Å². The van der Waals surface area contributed by atoms with Crippen LogP contribution in [0.1, 0.15) is 17.2 Å². The second-order valence-electron chi connectivity index (χ2n) is 4.61. The Bertz CT molecular complexity index is 540. The summed E-state index contributed by atoms with van der Waals surface area (Å²) in [6, 6.07) is 16.6. The first-order valence-electron chi connectivity index (χ1n) is 6.72.